The van der Waals surface area contributed by atoms with Crippen molar-refractivity contribution in [1.82, 2.24) is 9.97 Å². The molecule has 1 aromatic heterocycles. The molecule has 1 heterocycles. The molecule has 0 saturated carbocycles. The zero-order chi connectivity index (χ0) is 16.1. The van der Waals surface area contributed by atoms with Gasteiger partial charge in [-0.3, -0.25) is 4.79 Å². The van der Waals surface area contributed by atoms with Crippen LogP contribution in [0.25, 0.3) is 11.0 Å². The number of H-pyrrole nitrogens is 1. The molecule has 0 aliphatic carbocycles. The second kappa shape index (κ2) is 7.22. The molecule has 118 valence electrons. The molecule has 6 nitrogen and oxygen atoms in total. The fourth-order valence-electron chi connectivity index (χ4n) is 2.46. The summed E-state index contributed by atoms with van der Waals surface area (Å²) in [4.78, 5) is 20.7. The van der Waals surface area contributed by atoms with Crippen molar-refractivity contribution in [3.8, 4) is 0 Å². The highest BCUT2D eigenvalue weighted by Gasteiger charge is 2.13. The Hall–Kier alpha value is -2.15. The molecule has 2 rings (SSSR count). The van der Waals surface area contributed by atoms with E-state index in [1.54, 1.807) is 0 Å². The summed E-state index contributed by atoms with van der Waals surface area (Å²) < 4.78 is 0. The van der Waals surface area contributed by atoms with Gasteiger partial charge in [0.1, 0.15) is 0 Å². The second-order valence-electron chi connectivity index (χ2n) is 5.11. The van der Waals surface area contributed by atoms with Crippen LogP contribution in [-0.2, 0) is 0 Å². The molecule has 0 atom stereocenters. The van der Waals surface area contributed by atoms with Crippen LogP contribution in [0.4, 0.5) is 11.4 Å². The van der Waals surface area contributed by atoms with Gasteiger partial charge in [0, 0.05) is 13.1 Å². The Bertz CT molecular complexity index is 721. The van der Waals surface area contributed by atoms with Gasteiger partial charge in [0.15, 0.2) is 5.11 Å². The SMILES string of the molecule is CCCN(CCC)c1cc2ncc(=O)[nH]c2cc1NC(N)=S. The summed E-state index contributed by atoms with van der Waals surface area (Å²) in [5, 5.41) is 3.19. The molecule has 22 heavy (non-hydrogen) atoms. The molecule has 0 amide bonds. The minimum atomic E-state index is -0.236. The number of aromatic amines is 1. The molecule has 0 spiro atoms. The van der Waals surface area contributed by atoms with Crippen LogP contribution in [0.3, 0.4) is 0 Å². The van der Waals surface area contributed by atoms with Gasteiger partial charge in [-0.2, -0.15) is 0 Å². The first kappa shape index (κ1) is 16.2. The highest BCUT2D eigenvalue weighted by Crippen LogP contribution is 2.30. The van der Waals surface area contributed by atoms with E-state index in [0.717, 1.165) is 42.8 Å². The number of thiocarbonyl (C=S) groups is 1. The number of rotatable bonds is 6. The van der Waals surface area contributed by atoms with Gasteiger partial charge in [-0.1, -0.05) is 13.8 Å². The van der Waals surface area contributed by atoms with Crippen molar-refractivity contribution in [2.45, 2.75) is 26.7 Å². The van der Waals surface area contributed by atoms with Gasteiger partial charge in [-0.05, 0) is 37.2 Å². The molecule has 0 radical (unpaired) electrons. The smallest absolute Gasteiger partial charge is 0.266 e. The number of hydrogen-bond acceptors (Lipinski definition) is 4. The molecule has 0 fully saturated rings. The third-order valence-electron chi connectivity index (χ3n) is 3.28. The summed E-state index contributed by atoms with van der Waals surface area (Å²) in [5.74, 6) is 0. The molecule has 0 bridgehead atoms. The lowest BCUT2D eigenvalue weighted by molar-refractivity contribution is 0.746. The van der Waals surface area contributed by atoms with Gasteiger partial charge in [0.2, 0.25) is 0 Å². The van der Waals surface area contributed by atoms with Crippen molar-refractivity contribution in [3.63, 3.8) is 0 Å². The number of nitrogens with one attached hydrogen (secondary N) is 2. The van der Waals surface area contributed by atoms with Crippen LogP contribution in [-0.4, -0.2) is 28.2 Å². The maximum absolute atomic E-state index is 11.4. The molecule has 0 unspecified atom stereocenters. The summed E-state index contributed by atoms with van der Waals surface area (Å²) in [5.41, 5.74) is 8.56. The van der Waals surface area contributed by atoms with Gasteiger partial charge in [0.05, 0.1) is 28.6 Å². The fourth-order valence-corrected chi connectivity index (χ4v) is 2.57. The minimum absolute atomic E-state index is 0.194. The normalized spacial score (nSPS) is 10.6. The fraction of sp³-hybridized carbons (Fsp3) is 0.400. The van der Waals surface area contributed by atoms with Gasteiger partial charge < -0.3 is 20.9 Å². The van der Waals surface area contributed by atoms with Crippen LogP contribution in [0.5, 0.6) is 0 Å². The van der Waals surface area contributed by atoms with E-state index in [1.165, 1.54) is 6.20 Å². The monoisotopic (exact) mass is 319 g/mol. The number of anilines is 2. The van der Waals surface area contributed by atoms with Crippen molar-refractivity contribution in [3.05, 3.63) is 28.7 Å². The second-order valence-corrected chi connectivity index (χ2v) is 5.55. The first-order valence-corrected chi connectivity index (χ1v) is 7.80. The molecule has 0 saturated heterocycles. The lowest BCUT2D eigenvalue weighted by Crippen LogP contribution is -2.27. The van der Waals surface area contributed by atoms with Crippen LogP contribution in [0, 0.1) is 0 Å². The van der Waals surface area contributed by atoms with Gasteiger partial charge in [0.25, 0.3) is 5.56 Å². The minimum Gasteiger partial charge on any atom is -0.376 e. The Morgan fingerprint density at radius 2 is 2.05 bits per heavy atom. The quantitative estimate of drug-likeness (QED) is 0.708. The Kier molecular flexibility index (Phi) is 5.32. The average Bonchev–Trinajstić information content (AvgIpc) is 2.45. The van der Waals surface area contributed by atoms with E-state index in [1.807, 2.05) is 12.1 Å². The first-order chi connectivity index (χ1) is 10.5. The van der Waals surface area contributed by atoms with Gasteiger partial charge >= 0.3 is 0 Å². The van der Waals surface area contributed by atoms with Gasteiger partial charge in [-0.15, -0.1) is 0 Å². The predicted octanol–water partition coefficient (Wildman–Crippen LogP) is 2.20. The van der Waals surface area contributed by atoms with E-state index in [-0.39, 0.29) is 10.7 Å². The molecule has 7 heteroatoms. The van der Waals surface area contributed by atoms with Gasteiger partial charge in [-0.25, -0.2) is 4.98 Å². The van der Waals surface area contributed by atoms with Crippen molar-refractivity contribution in [2.75, 3.05) is 23.3 Å². The number of hydrogen-bond donors (Lipinski definition) is 3. The molecule has 2 aromatic rings. The van der Waals surface area contributed by atoms with E-state index in [2.05, 4.69) is 34.0 Å². The van der Waals surface area contributed by atoms with Crippen LogP contribution in [0.15, 0.2) is 23.1 Å². The maximum Gasteiger partial charge on any atom is 0.266 e. The number of nitrogens with zero attached hydrogens (tertiary/aromatic N) is 2. The molecule has 1 aromatic carbocycles. The highest BCUT2D eigenvalue weighted by molar-refractivity contribution is 7.80. The standard InChI is InChI=1S/C15H21N5OS/c1-3-5-20(6-4-2)13-8-10-11(18-14(21)9-17-10)7-12(13)19-15(16)22/h7-9H,3-6H2,1-2H3,(H,18,21)(H3,16,19,22). The summed E-state index contributed by atoms with van der Waals surface area (Å²) in [6.07, 6.45) is 3.35. The molecule has 0 aliphatic heterocycles. The van der Waals surface area contributed by atoms with E-state index >= 15 is 0 Å². The Morgan fingerprint density at radius 3 is 2.64 bits per heavy atom. The molecular formula is C15H21N5OS. The first-order valence-electron chi connectivity index (χ1n) is 7.39. The lowest BCUT2D eigenvalue weighted by atomic mass is 10.2. The average molecular weight is 319 g/mol. The van der Waals surface area contributed by atoms with Crippen LogP contribution in [0.2, 0.25) is 0 Å². The molecule has 0 aliphatic rings. The van der Waals surface area contributed by atoms with Crippen molar-refractivity contribution < 1.29 is 0 Å². The zero-order valence-corrected chi connectivity index (χ0v) is 13.7. The Labute approximate surface area is 134 Å². The maximum atomic E-state index is 11.4. The number of nitrogens with two attached hydrogens (primary N) is 1. The predicted molar refractivity (Wildman–Crippen MR) is 95.6 cm³/mol. The number of fused-ring (bicyclic) bond motifs is 1. The van der Waals surface area contributed by atoms with E-state index in [9.17, 15) is 4.79 Å². The third kappa shape index (κ3) is 3.73. The zero-order valence-electron chi connectivity index (χ0n) is 12.8. The van der Waals surface area contributed by atoms with Crippen LogP contribution >= 0.6 is 12.2 Å². The van der Waals surface area contributed by atoms with Crippen LogP contribution in [0.1, 0.15) is 26.7 Å². The van der Waals surface area contributed by atoms with Crippen molar-refractivity contribution in [2.24, 2.45) is 5.73 Å². The summed E-state index contributed by atoms with van der Waals surface area (Å²) in [6, 6.07) is 3.79. The van der Waals surface area contributed by atoms with Crippen molar-refractivity contribution >= 4 is 39.7 Å². The Morgan fingerprint density at radius 1 is 1.36 bits per heavy atom. The highest BCUT2D eigenvalue weighted by atomic mass is 32.1. The topological polar surface area (TPSA) is 87.0 Å². The number of aromatic nitrogens is 2. The van der Waals surface area contributed by atoms with E-state index < -0.39 is 0 Å². The summed E-state index contributed by atoms with van der Waals surface area (Å²) in [7, 11) is 0. The summed E-state index contributed by atoms with van der Waals surface area (Å²) in [6.45, 7) is 6.13. The van der Waals surface area contributed by atoms with E-state index in [0.29, 0.717) is 5.52 Å². The van der Waals surface area contributed by atoms with Crippen molar-refractivity contribution in [1.29, 1.82) is 0 Å². The third-order valence-corrected chi connectivity index (χ3v) is 3.38. The molecule has 4 N–H and O–H groups in total. The lowest BCUT2D eigenvalue weighted by Gasteiger charge is -2.26. The Balaban J connectivity index is 2.59. The van der Waals surface area contributed by atoms with Crippen LogP contribution < -0.4 is 21.5 Å². The van der Waals surface area contributed by atoms with E-state index in [4.69, 9.17) is 18.0 Å². The summed E-state index contributed by atoms with van der Waals surface area (Å²) >= 11 is 4.96. The number of benzene rings is 1. The largest absolute Gasteiger partial charge is 0.376 e. The molecular weight excluding hydrogens is 298 g/mol.